The fourth-order valence-electron chi connectivity index (χ4n) is 1.83. The van der Waals surface area contributed by atoms with E-state index < -0.39 is 0 Å². The highest BCUT2D eigenvalue weighted by molar-refractivity contribution is 5.28. The van der Waals surface area contributed by atoms with Crippen LogP contribution in [0.5, 0.6) is 0 Å². The van der Waals surface area contributed by atoms with E-state index in [9.17, 15) is 4.39 Å². The standard InChI is InChI=1S/C14H15FN2/c1-10-2-3-13(15)12(8-10)14(16)9-11-4-6-17-7-5-11/h2-8,14H,9,16H2,1H3. The summed E-state index contributed by atoms with van der Waals surface area (Å²) < 4.78 is 13.6. The van der Waals surface area contributed by atoms with Crippen LogP contribution in [0.25, 0.3) is 0 Å². The lowest BCUT2D eigenvalue weighted by atomic mass is 9.98. The minimum atomic E-state index is -0.322. The lowest BCUT2D eigenvalue weighted by molar-refractivity contribution is 0.579. The molecule has 1 aromatic heterocycles. The molecule has 0 amide bonds. The van der Waals surface area contributed by atoms with E-state index in [-0.39, 0.29) is 11.9 Å². The van der Waals surface area contributed by atoms with Crippen LogP contribution in [0.1, 0.15) is 22.7 Å². The van der Waals surface area contributed by atoms with Gasteiger partial charge in [-0.2, -0.15) is 0 Å². The Labute approximate surface area is 100 Å². The van der Waals surface area contributed by atoms with Gasteiger partial charge in [-0.15, -0.1) is 0 Å². The summed E-state index contributed by atoms with van der Waals surface area (Å²) in [5.74, 6) is -0.239. The third kappa shape index (κ3) is 2.88. The molecule has 2 rings (SSSR count). The first-order chi connectivity index (χ1) is 8.16. The first-order valence-corrected chi connectivity index (χ1v) is 5.57. The SMILES string of the molecule is Cc1ccc(F)c(C(N)Cc2ccncc2)c1. The van der Waals surface area contributed by atoms with Crippen molar-refractivity contribution < 1.29 is 4.39 Å². The molecule has 1 unspecified atom stereocenters. The van der Waals surface area contributed by atoms with Crippen LogP contribution >= 0.6 is 0 Å². The Balaban J connectivity index is 2.20. The summed E-state index contributed by atoms with van der Waals surface area (Å²) in [6, 6.07) is 8.49. The van der Waals surface area contributed by atoms with Crippen LogP contribution in [-0.4, -0.2) is 4.98 Å². The van der Waals surface area contributed by atoms with Crippen molar-refractivity contribution in [2.45, 2.75) is 19.4 Å². The molecular weight excluding hydrogens is 215 g/mol. The maximum absolute atomic E-state index is 13.6. The Hall–Kier alpha value is -1.74. The predicted molar refractivity (Wildman–Crippen MR) is 66.0 cm³/mol. The summed E-state index contributed by atoms with van der Waals surface area (Å²) in [4.78, 5) is 3.94. The number of rotatable bonds is 3. The highest BCUT2D eigenvalue weighted by atomic mass is 19.1. The Morgan fingerprint density at radius 2 is 1.94 bits per heavy atom. The van der Waals surface area contributed by atoms with E-state index in [0.29, 0.717) is 12.0 Å². The minimum Gasteiger partial charge on any atom is -0.324 e. The maximum Gasteiger partial charge on any atom is 0.128 e. The van der Waals surface area contributed by atoms with Crippen molar-refractivity contribution in [3.63, 3.8) is 0 Å². The number of nitrogens with zero attached hydrogens (tertiary/aromatic N) is 1. The molecule has 0 aliphatic rings. The second-order valence-corrected chi connectivity index (χ2v) is 4.19. The van der Waals surface area contributed by atoms with Gasteiger partial charge in [0.2, 0.25) is 0 Å². The largest absolute Gasteiger partial charge is 0.324 e. The second-order valence-electron chi connectivity index (χ2n) is 4.19. The Kier molecular flexibility index (Phi) is 3.49. The molecule has 2 nitrogen and oxygen atoms in total. The zero-order valence-corrected chi connectivity index (χ0v) is 9.73. The van der Waals surface area contributed by atoms with Crippen LogP contribution in [0, 0.1) is 12.7 Å². The number of halogens is 1. The lowest BCUT2D eigenvalue weighted by Gasteiger charge is -2.13. The number of aryl methyl sites for hydroxylation is 1. The predicted octanol–water partition coefficient (Wildman–Crippen LogP) is 2.77. The van der Waals surface area contributed by atoms with Crippen molar-refractivity contribution >= 4 is 0 Å². The molecule has 0 radical (unpaired) electrons. The van der Waals surface area contributed by atoms with Gasteiger partial charge in [0.1, 0.15) is 5.82 Å². The fourth-order valence-corrected chi connectivity index (χ4v) is 1.83. The number of pyridine rings is 1. The molecule has 0 saturated heterocycles. The molecule has 3 heteroatoms. The number of aromatic nitrogens is 1. The average molecular weight is 230 g/mol. The summed E-state index contributed by atoms with van der Waals surface area (Å²) in [5, 5.41) is 0. The van der Waals surface area contributed by atoms with Gasteiger partial charge in [-0.3, -0.25) is 4.98 Å². The molecule has 1 atom stereocenters. The van der Waals surface area contributed by atoms with Crippen molar-refractivity contribution in [2.75, 3.05) is 0 Å². The molecular formula is C14H15FN2. The molecule has 0 spiro atoms. The van der Waals surface area contributed by atoms with Gasteiger partial charge < -0.3 is 5.73 Å². The van der Waals surface area contributed by atoms with E-state index >= 15 is 0 Å². The van der Waals surface area contributed by atoms with Crippen LogP contribution in [0.15, 0.2) is 42.7 Å². The van der Waals surface area contributed by atoms with Crippen molar-refractivity contribution in [2.24, 2.45) is 5.73 Å². The molecule has 0 aliphatic heterocycles. The van der Waals surface area contributed by atoms with Gasteiger partial charge in [0.25, 0.3) is 0 Å². The molecule has 0 aliphatic carbocycles. The third-order valence-corrected chi connectivity index (χ3v) is 2.76. The van der Waals surface area contributed by atoms with Gasteiger partial charge >= 0.3 is 0 Å². The molecule has 0 bridgehead atoms. The van der Waals surface area contributed by atoms with Crippen molar-refractivity contribution in [1.29, 1.82) is 0 Å². The van der Waals surface area contributed by atoms with Crippen LogP contribution in [-0.2, 0) is 6.42 Å². The zero-order chi connectivity index (χ0) is 12.3. The third-order valence-electron chi connectivity index (χ3n) is 2.76. The van der Waals surface area contributed by atoms with Gasteiger partial charge in [0.05, 0.1) is 0 Å². The highest BCUT2D eigenvalue weighted by Crippen LogP contribution is 2.20. The normalized spacial score (nSPS) is 12.4. The lowest BCUT2D eigenvalue weighted by Crippen LogP contribution is -2.15. The van der Waals surface area contributed by atoms with Gasteiger partial charge in [0.15, 0.2) is 0 Å². The fraction of sp³-hybridized carbons (Fsp3) is 0.214. The smallest absolute Gasteiger partial charge is 0.128 e. The molecule has 2 aromatic rings. The summed E-state index contributed by atoms with van der Waals surface area (Å²) in [6.07, 6.45) is 4.05. The summed E-state index contributed by atoms with van der Waals surface area (Å²) in [6.45, 7) is 1.93. The molecule has 88 valence electrons. The van der Waals surface area contributed by atoms with Crippen molar-refractivity contribution in [3.8, 4) is 0 Å². The van der Waals surface area contributed by atoms with E-state index in [1.54, 1.807) is 24.5 Å². The van der Waals surface area contributed by atoms with Gasteiger partial charge in [-0.1, -0.05) is 17.7 Å². The van der Waals surface area contributed by atoms with E-state index in [1.807, 2.05) is 19.1 Å². The first-order valence-electron chi connectivity index (χ1n) is 5.57. The van der Waals surface area contributed by atoms with Crippen LogP contribution in [0.4, 0.5) is 4.39 Å². The molecule has 17 heavy (non-hydrogen) atoms. The Morgan fingerprint density at radius 3 is 2.65 bits per heavy atom. The summed E-state index contributed by atoms with van der Waals surface area (Å²) in [5.41, 5.74) is 8.69. The molecule has 0 saturated carbocycles. The van der Waals surface area contributed by atoms with Crippen LogP contribution in [0.2, 0.25) is 0 Å². The van der Waals surface area contributed by atoms with Crippen LogP contribution in [0.3, 0.4) is 0 Å². The molecule has 1 heterocycles. The van der Waals surface area contributed by atoms with Crippen LogP contribution < -0.4 is 5.73 Å². The quantitative estimate of drug-likeness (QED) is 0.880. The topological polar surface area (TPSA) is 38.9 Å². The first kappa shape index (κ1) is 11.7. The van der Waals surface area contributed by atoms with Gasteiger partial charge in [-0.05, 0) is 37.1 Å². The Bertz CT molecular complexity index is 497. The van der Waals surface area contributed by atoms with Crippen molar-refractivity contribution in [1.82, 2.24) is 4.98 Å². The van der Waals surface area contributed by atoms with Crippen molar-refractivity contribution in [3.05, 3.63) is 65.2 Å². The molecule has 2 N–H and O–H groups in total. The zero-order valence-electron chi connectivity index (χ0n) is 9.73. The summed E-state index contributed by atoms with van der Waals surface area (Å²) >= 11 is 0. The molecule has 1 aromatic carbocycles. The minimum absolute atomic E-state index is 0.239. The second kappa shape index (κ2) is 5.06. The highest BCUT2D eigenvalue weighted by Gasteiger charge is 2.12. The van der Waals surface area contributed by atoms with E-state index in [4.69, 9.17) is 5.73 Å². The average Bonchev–Trinajstić information content (AvgIpc) is 2.33. The monoisotopic (exact) mass is 230 g/mol. The number of nitrogens with two attached hydrogens (primary N) is 1. The van der Waals surface area contributed by atoms with Gasteiger partial charge in [-0.25, -0.2) is 4.39 Å². The van der Waals surface area contributed by atoms with E-state index in [0.717, 1.165) is 11.1 Å². The number of benzene rings is 1. The maximum atomic E-state index is 13.6. The summed E-state index contributed by atoms with van der Waals surface area (Å²) in [7, 11) is 0. The van der Waals surface area contributed by atoms with E-state index in [1.165, 1.54) is 6.07 Å². The molecule has 0 fully saturated rings. The Morgan fingerprint density at radius 1 is 1.24 bits per heavy atom. The number of hydrogen-bond acceptors (Lipinski definition) is 2. The van der Waals surface area contributed by atoms with E-state index in [2.05, 4.69) is 4.98 Å². The van der Waals surface area contributed by atoms with Gasteiger partial charge in [0, 0.05) is 24.0 Å². The number of hydrogen-bond donors (Lipinski definition) is 1.